The Balaban J connectivity index is 1.55. The first-order chi connectivity index (χ1) is 12.8. The summed E-state index contributed by atoms with van der Waals surface area (Å²) in [6, 6.07) is 4.11. The average molecular weight is 350 g/mol. The van der Waals surface area contributed by atoms with Gasteiger partial charge in [-0.15, -0.1) is 0 Å². The van der Waals surface area contributed by atoms with Gasteiger partial charge in [-0.3, -0.25) is 9.88 Å². The molecule has 1 fully saturated rings. The fraction of sp³-hybridized carbons (Fsp3) is 0.421. The summed E-state index contributed by atoms with van der Waals surface area (Å²) in [6.45, 7) is 4.95. The van der Waals surface area contributed by atoms with Crippen LogP contribution in [0.3, 0.4) is 0 Å². The van der Waals surface area contributed by atoms with E-state index in [1.54, 1.807) is 12.5 Å². The minimum atomic E-state index is 0.335. The predicted molar refractivity (Wildman–Crippen MR) is 96.2 cm³/mol. The number of aryl methyl sites for hydroxylation is 1. The van der Waals surface area contributed by atoms with E-state index < -0.39 is 0 Å². The number of hydrogen-bond donors (Lipinski definition) is 0. The number of pyridine rings is 1. The Morgan fingerprint density at radius 1 is 1.27 bits per heavy atom. The van der Waals surface area contributed by atoms with Crippen molar-refractivity contribution in [3.63, 3.8) is 0 Å². The molecule has 0 aliphatic carbocycles. The van der Waals surface area contributed by atoms with E-state index in [1.165, 1.54) is 5.56 Å². The van der Waals surface area contributed by atoms with E-state index in [0.717, 1.165) is 50.2 Å². The first kappa shape index (κ1) is 16.8. The molecule has 0 N–H and O–H groups in total. The van der Waals surface area contributed by atoms with Crippen LogP contribution in [-0.4, -0.2) is 43.1 Å². The summed E-state index contributed by atoms with van der Waals surface area (Å²) in [5.74, 6) is 1.56. The zero-order valence-corrected chi connectivity index (χ0v) is 14.9. The largest absolute Gasteiger partial charge is 0.339 e. The molecule has 0 amide bonds. The third kappa shape index (κ3) is 3.62. The zero-order chi connectivity index (χ0) is 17.8. The Bertz CT molecular complexity index is 850. The molecule has 0 spiro atoms. The van der Waals surface area contributed by atoms with Gasteiger partial charge in [-0.25, -0.2) is 9.97 Å². The molecule has 1 saturated heterocycles. The second-order valence-electron chi connectivity index (χ2n) is 6.62. The molecule has 1 aliphatic heterocycles. The van der Waals surface area contributed by atoms with Crippen LogP contribution in [0.5, 0.6) is 0 Å². The highest BCUT2D eigenvalue weighted by atomic mass is 16.5. The van der Waals surface area contributed by atoms with Crippen molar-refractivity contribution in [2.75, 3.05) is 13.1 Å². The molecule has 26 heavy (non-hydrogen) atoms. The van der Waals surface area contributed by atoms with Crippen LogP contribution < -0.4 is 0 Å². The minimum Gasteiger partial charge on any atom is -0.339 e. The molecule has 1 atom stereocenters. The number of rotatable bonds is 5. The highest BCUT2D eigenvalue weighted by molar-refractivity contribution is 5.57. The predicted octanol–water partition coefficient (Wildman–Crippen LogP) is 2.86. The summed E-state index contributed by atoms with van der Waals surface area (Å²) in [4.78, 5) is 19.9. The van der Waals surface area contributed by atoms with Gasteiger partial charge in [0.15, 0.2) is 0 Å². The summed E-state index contributed by atoms with van der Waals surface area (Å²) < 4.78 is 5.28. The molecular weight excluding hydrogens is 328 g/mol. The molecule has 7 nitrogen and oxygen atoms in total. The van der Waals surface area contributed by atoms with Crippen LogP contribution >= 0.6 is 0 Å². The maximum atomic E-state index is 5.28. The third-order valence-corrected chi connectivity index (χ3v) is 4.78. The number of likely N-dealkylation sites (tertiary alicyclic amines) is 1. The van der Waals surface area contributed by atoms with Crippen LogP contribution in [0, 0.1) is 0 Å². The van der Waals surface area contributed by atoms with Crippen molar-refractivity contribution in [1.82, 2.24) is 30.0 Å². The quantitative estimate of drug-likeness (QED) is 0.700. The van der Waals surface area contributed by atoms with Crippen LogP contribution in [0.25, 0.3) is 11.4 Å². The second kappa shape index (κ2) is 7.70. The number of piperidine rings is 1. The van der Waals surface area contributed by atoms with E-state index in [4.69, 9.17) is 4.52 Å². The van der Waals surface area contributed by atoms with Crippen molar-refractivity contribution in [3.05, 3.63) is 54.2 Å². The van der Waals surface area contributed by atoms with Crippen LogP contribution in [0.4, 0.5) is 0 Å². The lowest BCUT2D eigenvalue weighted by atomic mass is 9.91. The van der Waals surface area contributed by atoms with Gasteiger partial charge in [0.25, 0.3) is 0 Å². The Kier molecular flexibility index (Phi) is 4.97. The van der Waals surface area contributed by atoms with Crippen molar-refractivity contribution in [2.45, 2.75) is 38.6 Å². The van der Waals surface area contributed by atoms with Gasteiger partial charge in [-0.1, -0.05) is 18.1 Å². The molecule has 1 unspecified atom stereocenters. The SMILES string of the molecule is CCc1nc(-c2cncnc2C2CCCN(Cc3cccnc3)C2)no1. The normalized spacial score (nSPS) is 18.1. The van der Waals surface area contributed by atoms with Gasteiger partial charge in [-0.05, 0) is 31.0 Å². The van der Waals surface area contributed by atoms with E-state index in [-0.39, 0.29) is 0 Å². The smallest absolute Gasteiger partial charge is 0.226 e. The van der Waals surface area contributed by atoms with E-state index in [9.17, 15) is 0 Å². The minimum absolute atomic E-state index is 0.335. The molecule has 0 bridgehead atoms. The highest BCUT2D eigenvalue weighted by Crippen LogP contribution is 2.32. The van der Waals surface area contributed by atoms with Gasteiger partial charge in [0.2, 0.25) is 11.7 Å². The zero-order valence-electron chi connectivity index (χ0n) is 14.9. The lowest BCUT2D eigenvalue weighted by Gasteiger charge is -2.32. The van der Waals surface area contributed by atoms with E-state index in [2.05, 4.69) is 36.1 Å². The van der Waals surface area contributed by atoms with E-state index in [0.29, 0.717) is 17.6 Å². The summed E-state index contributed by atoms with van der Waals surface area (Å²) in [5.41, 5.74) is 3.13. The lowest BCUT2D eigenvalue weighted by Crippen LogP contribution is -2.34. The highest BCUT2D eigenvalue weighted by Gasteiger charge is 2.26. The van der Waals surface area contributed by atoms with E-state index >= 15 is 0 Å². The first-order valence-corrected chi connectivity index (χ1v) is 9.07. The van der Waals surface area contributed by atoms with Crippen LogP contribution in [0.2, 0.25) is 0 Å². The van der Waals surface area contributed by atoms with Crippen molar-refractivity contribution < 1.29 is 4.52 Å². The van der Waals surface area contributed by atoms with Gasteiger partial charge in [0.05, 0.1) is 11.3 Å². The summed E-state index contributed by atoms with van der Waals surface area (Å²) >= 11 is 0. The second-order valence-corrected chi connectivity index (χ2v) is 6.62. The van der Waals surface area contributed by atoms with Crippen LogP contribution in [0.15, 0.2) is 41.6 Å². The molecule has 4 rings (SSSR count). The molecule has 0 saturated carbocycles. The molecular formula is C19H22N6O. The monoisotopic (exact) mass is 350 g/mol. The Morgan fingerprint density at radius 3 is 3.04 bits per heavy atom. The lowest BCUT2D eigenvalue weighted by molar-refractivity contribution is 0.198. The van der Waals surface area contributed by atoms with Gasteiger partial charge in [0, 0.05) is 44.0 Å². The van der Waals surface area contributed by atoms with Gasteiger partial charge >= 0.3 is 0 Å². The maximum Gasteiger partial charge on any atom is 0.226 e. The number of aromatic nitrogens is 5. The Labute approximate surface area is 152 Å². The Hall–Kier alpha value is -2.67. The summed E-state index contributed by atoms with van der Waals surface area (Å²) in [5, 5.41) is 4.11. The molecule has 0 radical (unpaired) electrons. The van der Waals surface area contributed by atoms with Crippen molar-refractivity contribution in [1.29, 1.82) is 0 Å². The molecule has 3 aromatic heterocycles. The third-order valence-electron chi connectivity index (χ3n) is 4.78. The number of nitrogens with zero attached hydrogens (tertiary/aromatic N) is 6. The molecule has 7 heteroatoms. The van der Waals surface area contributed by atoms with Crippen molar-refractivity contribution >= 4 is 0 Å². The summed E-state index contributed by atoms with van der Waals surface area (Å²) in [6.07, 6.45) is 10.1. The standard InChI is InChI=1S/C19H22N6O/c1-2-17-23-19(24-26-17)16-10-21-13-22-18(16)15-6-4-8-25(12-15)11-14-5-3-7-20-9-14/h3,5,7,9-10,13,15H,2,4,6,8,11-12H2,1H3. The van der Waals surface area contributed by atoms with Crippen LogP contribution in [-0.2, 0) is 13.0 Å². The topological polar surface area (TPSA) is 80.8 Å². The van der Waals surface area contributed by atoms with Crippen molar-refractivity contribution in [3.8, 4) is 11.4 Å². The van der Waals surface area contributed by atoms with Gasteiger partial charge in [0.1, 0.15) is 6.33 Å². The average Bonchev–Trinajstić information content (AvgIpc) is 3.18. The molecule has 0 aromatic carbocycles. The first-order valence-electron chi connectivity index (χ1n) is 9.07. The molecule has 4 heterocycles. The maximum absolute atomic E-state index is 5.28. The Morgan fingerprint density at radius 2 is 2.23 bits per heavy atom. The van der Waals surface area contributed by atoms with Gasteiger partial charge < -0.3 is 4.52 Å². The molecule has 134 valence electrons. The number of hydrogen-bond acceptors (Lipinski definition) is 7. The van der Waals surface area contributed by atoms with Gasteiger partial charge in [-0.2, -0.15) is 4.98 Å². The molecule has 1 aliphatic rings. The van der Waals surface area contributed by atoms with E-state index in [1.807, 2.05) is 25.4 Å². The van der Waals surface area contributed by atoms with Crippen molar-refractivity contribution in [2.24, 2.45) is 0 Å². The summed E-state index contributed by atoms with van der Waals surface area (Å²) in [7, 11) is 0. The molecule has 3 aromatic rings. The fourth-order valence-corrected chi connectivity index (χ4v) is 3.52. The fourth-order valence-electron chi connectivity index (χ4n) is 3.52. The van der Waals surface area contributed by atoms with Crippen LogP contribution in [0.1, 0.15) is 42.8 Å².